The third kappa shape index (κ3) is 3.33. The first-order chi connectivity index (χ1) is 15.4. The highest BCUT2D eigenvalue weighted by molar-refractivity contribution is 5.94. The van der Waals surface area contributed by atoms with Crippen molar-refractivity contribution in [3.05, 3.63) is 47.0 Å². The van der Waals surface area contributed by atoms with Crippen LogP contribution >= 0.6 is 0 Å². The first kappa shape index (κ1) is 21.7. The predicted octanol–water partition coefficient (Wildman–Crippen LogP) is 6.65. The molecule has 0 aliphatic heterocycles. The highest BCUT2D eigenvalue weighted by Crippen LogP contribution is 2.67. The van der Waals surface area contributed by atoms with E-state index in [-0.39, 0.29) is 11.9 Å². The zero-order valence-corrected chi connectivity index (χ0v) is 20.0. The molecule has 4 fully saturated rings. The highest BCUT2D eigenvalue weighted by atomic mass is 16.1. The Labute approximate surface area is 193 Å². The van der Waals surface area contributed by atoms with E-state index in [1.165, 1.54) is 44.9 Å². The minimum Gasteiger partial charge on any atom is -0.349 e. The number of hydrogen-bond acceptors (Lipinski definition) is 2. The van der Waals surface area contributed by atoms with Gasteiger partial charge in [-0.1, -0.05) is 25.5 Å². The largest absolute Gasteiger partial charge is 0.349 e. The van der Waals surface area contributed by atoms with Crippen molar-refractivity contribution in [2.45, 2.75) is 84.6 Å². The third-order valence-electron chi connectivity index (χ3n) is 10.5. The van der Waals surface area contributed by atoms with Gasteiger partial charge >= 0.3 is 0 Å². The first-order valence-corrected chi connectivity index (χ1v) is 12.9. The smallest absolute Gasteiger partial charge is 0.251 e. The summed E-state index contributed by atoms with van der Waals surface area (Å²) < 4.78 is 0. The van der Waals surface area contributed by atoms with Gasteiger partial charge in [0.15, 0.2) is 0 Å². The van der Waals surface area contributed by atoms with Gasteiger partial charge in [-0.05, 0) is 123 Å². The molecule has 5 rings (SSSR count). The quantitative estimate of drug-likeness (QED) is 0.534. The molecule has 1 N–H and O–H groups in total. The molecule has 1 amide bonds. The van der Waals surface area contributed by atoms with Crippen LogP contribution in [0.5, 0.6) is 0 Å². The van der Waals surface area contributed by atoms with Gasteiger partial charge in [-0.25, -0.2) is 0 Å². The summed E-state index contributed by atoms with van der Waals surface area (Å²) in [5.41, 5.74) is 3.90. The molecular weight excluding hydrogens is 392 g/mol. The molecule has 0 saturated heterocycles. The molecule has 7 atom stereocenters. The van der Waals surface area contributed by atoms with Gasteiger partial charge in [0.1, 0.15) is 0 Å². The Bertz CT molecular complexity index is 956. The zero-order chi connectivity index (χ0) is 22.5. The lowest BCUT2D eigenvalue weighted by molar-refractivity contribution is -0.101. The minimum absolute atomic E-state index is 0.00931. The predicted molar refractivity (Wildman–Crippen MR) is 128 cm³/mol. The van der Waals surface area contributed by atoms with E-state index >= 15 is 0 Å². The number of nitriles is 1. The molecule has 4 aliphatic carbocycles. The number of allylic oxidation sites excluding steroid dienone is 2. The summed E-state index contributed by atoms with van der Waals surface area (Å²) in [7, 11) is 0. The maximum atomic E-state index is 12.8. The number of carbonyl (C=O) groups is 1. The third-order valence-corrected chi connectivity index (χ3v) is 10.5. The van der Waals surface area contributed by atoms with E-state index in [1.807, 2.05) is 0 Å². The van der Waals surface area contributed by atoms with Crippen molar-refractivity contribution in [3.63, 3.8) is 0 Å². The second-order valence-corrected chi connectivity index (χ2v) is 11.6. The van der Waals surface area contributed by atoms with Gasteiger partial charge in [0.25, 0.3) is 5.91 Å². The van der Waals surface area contributed by atoms with E-state index in [2.05, 4.69) is 38.2 Å². The molecule has 3 heteroatoms. The Hall–Kier alpha value is -2.08. The molecule has 0 bridgehead atoms. The number of nitrogens with one attached hydrogen (secondary N) is 1. The number of rotatable bonds is 2. The van der Waals surface area contributed by atoms with Gasteiger partial charge in [0.2, 0.25) is 0 Å². The van der Waals surface area contributed by atoms with Crippen molar-refractivity contribution in [2.75, 3.05) is 0 Å². The van der Waals surface area contributed by atoms with Gasteiger partial charge in [0, 0.05) is 11.6 Å². The summed E-state index contributed by atoms with van der Waals surface area (Å²) in [5.74, 6) is 3.40. The SMILES string of the molecule is C/C=C1/CC[C@H]2[C@@H]3CCC4C[C@@H](NC(=O)c5ccc(C#N)cc5)CC[C@]4(C)[C@H]3CC[C@]12C. The number of fused-ring (bicyclic) bond motifs is 5. The Balaban J connectivity index is 1.27. The standard InChI is InChI=1S/C29H38N2O/c1-4-21-10-12-25-24-11-9-22-17-23(31-27(32)20-7-5-19(18-30)6-8-20)13-15-29(22,3)26(24)14-16-28(21,25)2/h4-8,22-26H,9-17H2,1-3H3,(H,31,32)/b21-4-/t22?,23-,24-,25-,26-,28+,29-/m0/s1. The molecule has 0 radical (unpaired) electrons. The van der Waals surface area contributed by atoms with E-state index in [0.29, 0.717) is 22.0 Å². The van der Waals surface area contributed by atoms with Crippen molar-refractivity contribution < 1.29 is 4.79 Å². The van der Waals surface area contributed by atoms with Gasteiger partial charge in [-0.3, -0.25) is 4.79 Å². The lowest BCUT2D eigenvalue weighted by atomic mass is 9.45. The van der Waals surface area contributed by atoms with E-state index in [0.717, 1.165) is 36.5 Å². The average molecular weight is 431 g/mol. The van der Waals surface area contributed by atoms with Gasteiger partial charge in [-0.15, -0.1) is 0 Å². The van der Waals surface area contributed by atoms with Crippen LogP contribution in [0, 0.1) is 45.8 Å². The zero-order valence-electron chi connectivity index (χ0n) is 20.0. The number of nitrogens with zero attached hydrogens (tertiary/aromatic N) is 1. The summed E-state index contributed by atoms with van der Waals surface area (Å²) in [6.07, 6.45) is 14.1. The molecule has 1 aromatic rings. The summed E-state index contributed by atoms with van der Waals surface area (Å²) >= 11 is 0. The topological polar surface area (TPSA) is 52.9 Å². The van der Waals surface area contributed by atoms with E-state index in [4.69, 9.17) is 5.26 Å². The second-order valence-electron chi connectivity index (χ2n) is 11.6. The highest BCUT2D eigenvalue weighted by Gasteiger charge is 2.58. The maximum Gasteiger partial charge on any atom is 0.251 e. The fraction of sp³-hybridized carbons (Fsp3) is 0.655. The van der Waals surface area contributed by atoms with E-state index in [1.54, 1.807) is 29.8 Å². The molecule has 0 spiro atoms. The van der Waals surface area contributed by atoms with E-state index < -0.39 is 0 Å². The van der Waals surface area contributed by atoms with Gasteiger partial charge in [0.05, 0.1) is 11.6 Å². The van der Waals surface area contributed by atoms with Crippen LogP contribution in [0.1, 0.15) is 94.5 Å². The molecule has 32 heavy (non-hydrogen) atoms. The van der Waals surface area contributed by atoms with E-state index in [9.17, 15) is 4.79 Å². The number of hydrogen-bond donors (Lipinski definition) is 1. The summed E-state index contributed by atoms with van der Waals surface area (Å²) in [6.45, 7) is 7.42. The molecule has 1 unspecified atom stereocenters. The van der Waals surface area contributed by atoms with Crippen LogP contribution in [-0.2, 0) is 0 Å². The van der Waals surface area contributed by atoms with Crippen LogP contribution in [0.2, 0.25) is 0 Å². The number of carbonyl (C=O) groups excluding carboxylic acids is 1. The second kappa shape index (κ2) is 8.05. The van der Waals surface area contributed by atoms with Gasteiger partial charge in [-0.2, -0.15) is 5.26 Å². The van der Waals surface area contributed by atoms with Gasteiger partial charge < -0.3 is 5.32 Å². The summed E-state index contributed by atoms with van der Waals surface area (Å²) in [4.78, 5) is 12.8. The van der Waals surface area contributed by atoms with Crippen molar-refractivity contribution >= 4 is 5.91 Å². The Morgan fingerprint density at radius 1 is 1.06 bits per heavy atom. The minimum atomic E-state index is 0.00931. The van der Waals surface area contributed by atoms with Crippen LogP contribution in [0.15, 0.2) is 35.9 Å². The van der Waals surface area contributed by atoms with Crippen molar-refractivity contribution in [1.82, 2.24) is 5.32 Å². The summed E-state index contributed by atoms with van der Waals surface area (Å²) in [6, 6.07) is 9.40. The Kier molecular flexibility index (Phi) is 5.47. The monoisotopic (exact) mass is 430 g/mol. The molecule has 170 valence electrons. The molecular formula is C29H38N2O. The van der Waals surface area contributed by atoms with Crippen LogP contribution in [0.4, 0.5) is 0 Å². The Morgan fingerprint density at radius 2 is 1.84 bits per heavy atom. The average Bonchev–Trinajstić information content (AvgIpc) is 3.15. The summed E-state index contributed by atoms with van der Waals surface area (Å²) in [5, 5.41) is 12.3. The molecule has 0 heterocycles. The fourth-order valence-electron chi connectivity index (χ4n) is 8.68. The normalized spacial score (nSPS) is 41.8. The van der Waals surface area contributed by atoms with Crippen LogP contribution in [-0.4, -0.2) is 11.9 Å². The van der Waals surface area contributed by atoms with Crippen molar-refractivity contribution in [3.8, 4) is 6.07 Å². The number of amides is 1. The maximum absolute atomic E-state index is 12.8. The molecule has 1 aromatic carbocycles. The fourth-order valence-corrected chi connectivity index (χ4v) is 8.68. The molecule has 4 saturated carbocycles. The van der Waals surface area contributed by atoms with Crippen molar-refractivity contribution in [2.24, 2.45) is 34.5 Å². The van der Waals surface area contributed by atoms with Crippen LogP contribution in [0.25, 0.3) is 0 Å². The Morgan fingerprint density at radius 3 is 2.56 bits per heavy atom. The lowest BCUT2D eigenvalue weighted by Crippen LogP contribution is -2.55. The van der Waals surface area contributed by atoms with Crippen molar-refractivity contribution in [1.29, 1.82) is 5.26 Å². The number of benzene rings is 1. The lowest BCUT2D eigenvalue weighted by Gasteiger charge is -2.60. The van der Waals surface area contributed by atoms with Crippen LogP contribution < -0.4 is 5.32 Å². The molecule has 4 aliphatic rings. The molecule has 0 aromatic heterocycles. The van der Waals surface area contributed by atoms with Crippen LogP contribution in [0.3, 0.4) is 0 Å². The molecule has 3 nitrogen and oxygen atoms in total. The first-order valence-electron chi connectivity index (χ1n) is 12.9.